The van der Waals surface area contributed by atoms with Crippen LogP contribution < -0.4 is 14.3 Å². The molecule has 11 aromatic carbocycles. The van der Waals surface area contributed by atoms with Gasteiger partial charge in [-0.05, 0) is 12.1 Å². The zero-order valence-electron chi connectivity index (χ0n) is 36.4. The van der Waals surface area contributed by atoms with Gasteiger partial charge in [-0.3, -0.25) is 0 Å². The van der Waals surface area contributed by atoms with Crippen LogP contribution in [0.4, 0.5) is 34.1 Å². The van der Waals surface area contributed by atoms with E-state index >= 15 is 0 Å². The zero-order chi connectivity index (χ0) is 44.9. The number of rotatable bonds is 7. The van der Waals surface area contributed by atoms with Crippen LogP contribution in [0.3, 0.4) is 0 Å². The Morgan fingerprint density at radius 1 is 0.338 bits per heavy atom. The van der Waals surface area contributed by atoms with Gasteiger partial charge in [0.25, 0.3) is 0 Å². The number of anilines is 6. The minimum absolute atomic E-state index is 0.316. The molecule has 320 valence electrons. The monoisotopic (exact) mass is 1000 g/mol. The van der Waals surface area contributed by atoms with E-state index in [0.717, 1.165) is 99.5 Å². The van der Waals surface area contributed by atoms with Crippen molar-refractivity contribution in [3.8, 4) is 11.1 Å². The predicted molar refractivity (Wildman–Crippen MR) is 290 cm³/mol. The van der Waals surface area contributed by atoms with Crippen LogP contribution >= 0.6 is 0 Å². The maximum absolute atomic E-state index is 6.92. The number of hydrogen-bond donors (Lipinski definition) is 0. The van der Waals surface area contributed by atoms with E-state index in [9.17, 15) is 0 Å². The molecule has 68 heavy (non-hydrogen) atoms. The van der Waals surface area contributed by atoms with Gasteiger partial charge in [0, 0.05) is 5.39 Å². The molecule has 6 heteroatoms. The zero-order valence-corrected chi connectivity index (χ0v) is 40.0. The summed E-state index contributed by atoms with van der Waals surface area (Å²) >= 11 is 3.02. The van der Waals surface area contributed by atoms with E-state index in [0.29, 0.717) is 14.5 Å². The third-order valence-electron chi connectivity index (χ3n) is 13.4. The van der Waals surface area contributed by atoms with Crippen molar-refractivity contribution in [2.45, 2.75) is 0 Å². The Balaban J connectivity index is 0.873. The second-order valence-corrected chi connectivity index (χ2v) is 20.8. The Hall–Kier alpha value is -7.82. The van der Waals surface area contributed by atoms with Gasteiger partial charge in [-0.2, -0.15) is 0 Å². The Bertz CT molecular complexity index is 4300. The first-order valence-corrected chi connectivity index (χ1v) is 25.4. The topological polar surface area (TPSA) is 32.8 Å². The van der Waals surface area contributed by atoms with Gasteiger partial charge >= 0.3 is 385 Å². The minimum atomic E-state index is 0.316. The summed E-state index contributed by atoms with van der Waals surface area (Å²) in [5.41, 5.74) is 12.3. The number of furan rings is 2. The number of nitrogens with zero attached hydrogens (tertiary/aromatic N) is 2. The molecule has 0 spiro atoms. The molecule has 0 aliphatic carbocycles. The van der Waals surface area contributed by atoms with Gasteiger partial charge in [0.2, 0.25) is 0 Å². The summed E-state index contributed by atoms with van der Waals surface area (Å²) in [6.07, 6.45) is 0. The third-order valence-corrected chi connectivity index (χ3v) is 16.7. The molecule has 0 fully saturated rings. The normalized spacial score (nSPS) is 11.9. The fourth-order valence-electron chi connectivity index (χ4n) is 10.3. The molecule has 3 aromatic heterocycles. The summed E-state index contributed by atoms with van der Waals surface area (Å²) in [4.78, 5) is 4.70. The summed E-state index contributed by atoms with van der Waals surface area (Å²) in [5, 5.41) is 11.4. The molecular formula is C62H38N2O2Se2. The molecule has 0 N–H and O–H groups in total. The molecule has 0 amide bonds. The van der Waals surface area contributed by atoms with Crippen LogP contribution in [0.5, 0.6) is 0 Å². The summed E-state index contributed by atoms with van der Waals surface area (Å²) in [6.45, 7) is 0. The maximum atomic E-state index is 6.92. The van der Waals surface area contributed by atoms with Crippen molar-refractivity contribution >= 4 is 154 Å². The van der Waals surface area contributed by atoms with Gasteiger partial charge in [-0.15, -0.1) is 0 Å². The molecule has 0 saturated carbocycles. The van der Waals surface area contributed by atoms with Crippen molar-refractivity contribution in [1.82, 2.24) is 0 Å². The van der Waals surface area contributed by atoms with E-state index in [4.69, 9.17) is 8.83 Å². The fourth-order valence-corrected chi connectivity index (χ4v) is 13.2. The van der Waals surface area contributed by atoms with Crippen LogP contribution in [0.25, 0.3) is 95.8 Å². The standard InChI is InChI=1S/C62H38N2O2Se2/c67-58-20-9-7-18-49(58)40-12-11-17-45(30-40)63(43-13-3-1-4-14-43)46-24-22-38-33-52-51-27-28-55-61(62(51)66-56(52)35-41(38)31-46)54-34-39-23-25-47(32-42(39)36-57(54)65-55)64(44-15-5-2-6-16-44)48-26-29-60-53(37-48)50-19-8-10-21-59(50)68-60/h1-37,67H. The van der Waals surface area contributed by atoms with Crippen LogP contribution in [0.2, 0.25) is 0 Å². The van der Waals surface area contributed by atoms with E-state index < -0.39 is 0 Å². The summed E-state index contributed by atoms with van der Waals surface area (Å²) < 4.78 is 17.7. The summed E-state index contributed by atoms with van der Waals surface area (Å²) in [7, 11) is 0. The van der Waals surface area contributed by atoms with E-state index in [-0.39, 0.29) is 0 Å². The van der Waals surface area contributed by atoms with Crippen LogP contribution in [-0.4, -0.2) is 30.5 Å². The third kappa shape index (κ3) is 6.42. The van der Waals surface area contributed by atoms with Crippen molar-refractivity contribution in [2.75, 3.05) is 9.80 Å². The molecule has 3 heterocycles. The average molecular weight is 1000 g/mol. The second-order valence-electron chi connectivity index (χ2n) is 17.5. The molecular weight excluding hydrogens is 963 g/mol. The summed E-state index contributed by atoms with van der Waals surface area (Å²) in [5.74, 6) is 0. The van der Waals surface area contributed by atoms with Crippen LogP contribution in [0.15, 0.2) is 233 Å². The van der Waals surface area contributed by atoms with E-state index in [2.05, 4.69) is 250 Å². The Morgan fingerprint density at radius 2 is 0.926 bits per heavy atom. The quantitative estimate of drug-likeness (QED) is 0.149. The SMILES string of the molecule is [SeH]c1ccccc1-c1cccc(N(c2ccccc2)c2ccc3cc4c(cc3c2)oc2c4ccc3oc4cc5cc(N(c6ccccc6)c6ccc7[se]c8ccccc8c7c6)ccc5cc4c32)c1. The molecule has 0 atom stereocenters. The average Bonchev–Trinajstić information content (AvgIpc) is 4.06. The van der Waals surface area contributed by atoms with Crippen molar-refractivity contribution < 1.29 is 8.83 Å². The Morgan fingerprint density at radius 3 is 1.66 bits per heavy atom. The molecule has 14 rings (SSSR count). The van der Waals surface area contributed by atoms with Crippen molar-refractivity contribution in [2.24, 2.45) is 0 Å². The van der Waals surface area contributed by atoms with Crippen LogP contribution in [0, 0.1) is 0 Å². The fraction of sp³-hybridized carbons (Fsp3) is 0. The summed E-state index contributed by atoms with van der Waals surface area (Å²) in [6, 6.07) is 81.1. The number of hydrogen-bond acceptors (Lipinski definition) is 4. The van der Waals surface area contributed by atoms with Crippen LogP contribution in [-0.2, 0) is 0 Å². The van der Waals surface area contributed by atoms with Crippen molar-refractivity contribution in [3.05, 3.63) is 224 Å². The number of para-hydroxylation sites is 2. The van der Waals surface area contributed by atoms with Gasteiger partial charge in [0.05, 0.1) is 0 Å². The molecule has 14 aromatic rings. The molecule has 0 saturated heterocycles. The van der Waals surface area contributed by atoms with E-state index in [1.54, 1.807) is 0 Å². The number of fused-ring (bicyclic) bond motifs is 12. The first-order chi connectivity index (χ1) is 33.6. The predicted octanol–water partition coefficient (Wildman–Crippen LogP) is 16.3. The molecule has 0 unspecified atom stereocenters. The molecule has 0 aliphatic rings. The number of benzene rings is 11. The molecule has 0 bridgehead atoms. The van der Waals surface area contributed by atoms with Gasteiger partial charge in [-0.1, -0.05) is 0 Å². The van der Waals surface area contributed by atoms with Gasteiger partial charge in [0.1, 0.15) is 5.58 Å². The molecule has 0 aliphatic heterocycles. The Labute approximate surface area is 405 Å². The second kappa shape index (κ2) is 15.6. The first-order valence-electron chi connectivity index (χ1n) is 22.8. The van der Waals surface area contributed by atoms with E-state index in [1.165, 1.54) is 34.9 Å². The van der Waals surface area contributed by atoms with Gasteiger partial charge in [0.15, 0.2) is 0 Å². The van der Waals surface area contributed by atoms with Crippen molar-refractivity contribution in [3.63, 3.8) is 0 Å². The van der Waals surface area contributed by atoms with Gasteiger partial charge in [-0.25, -0.2) is 0 Å². The van der Waals surface area contributed by atoms with E-state index in [1.807, 2.05) is 0 Å². The Kier molecular flexibility index (Phi) is 9.05. The molecule has 0 radical (unpaired) electrons. The first kappa shape index (κ1) is 39.4. The molecule has 4 nitrogen and oxygen atoms in total. The van der Waals surface area contributed by atoms with Crippen molar-refractivity contribution in [1.29, 1.82) is 0 Å². The van der Waals surface area contributed by atoms with Gasteiger partial charge < -0.3 is 0 Å². The van der Waals surface area contributed by atoms with Crippen LogP contribution in [0.1, 0.15) is 0 Å².